The van der Waals surface area contributed by atoms with Crippen molar-refractivity contribution in [2.75, 3.05) is 5.73 Å². The number of aryl methyl sites for hydroxylation is 1. The first kappa shape index (κ1) is 8.52. The maximum atomic E-state index is 13.0. The van der Waals surface area contributed by atoms with Crippen molar-refractivity contribution in [3.05, 3.63) is 29.1 Å². The molecular weight excluding hydrogens is 159 g/mol. The van der Waals surface area contributed by atoms with E-state index < -0.39 is 11.7 Å². The van der Waals surface area contributed by atoms with Gasteiger partial charge in [-0.2, -0.15) is 0 Å². The van der Waals surface area contributed by atoms with Crippen LogP contribution in [-0.2, 0) is 0 Å². The molecule has 0 spiro atoms. The van der Waals surface area contributed by atoms with Gasteiger partial charge in [0, 0.05) is 5.69 Å². The zero-order valence-corrected chi connectivity index (χ0v) is 6.60. The minimum absolute atomic E-state index is 0.0933. The highest BCUT2D eigenvalue weighted by Crippen LogP contribution is 2.16. The number of amides is 1. The minimum Gasteiger partial charge on any atom is -0.399 e. The number of halogens is 1. The van der Waals surface area contributed by atoms with E-state index in [9.17, 15) is 9.18 Å². The van der Waals surface area contributed by atoms with Crippen LogP contribution in [0.25, 0.3) is 0 Å². The van der Waals surface area contributed by atoms with Crippen LogP contribution in [-0.4, -0.2) is 5.91 Å². The molecule has 0 aliphatic heterocycles. The number of benzene rings is 1. The minimum atomic E-state index is -0.773. The Labute approximate surface area is 69.2 Å². The number of nitrogen functional groups attached to an aromatic ring is 1. The lowest BCUT2D eigenvalue weighted by molar-refractivity contribution is 0.0996. The molecular formula is C8H9FN2O. The van der Waals surface area contributed by atoms with E-state index in [0.29, 0.717) is 5.56 Å². The van der Waals surface area contributed by atoms with Crippen molar-refractivity contribution in [1.82, 2.24) is 0 Å². The summed E-state index contributed by atoms with van der Waals surface area (Å²) < 4.78 is 13.0. The van der Waals surface area contributed by atoms with Gasteiger partial charge in [-0.25, -0.2) is 4.39 Å². The Balaban J connectivity index is 3.38. The van der Waals surface area contributed by atoms with Crippen molar-refractivity contribution in [2.45, 2.75) is 6.92 Å². The molecule has 0 unspecified atom stereocenters. The van der Waals surface area contributed by atoms with Crippen LogP contribution in [0.4, 0.5) is 10.1 Å². The number of carbonyl (C=O) groups excluding carboxylic acids is 1. The Bertz CT molecular complexity index is 313. The summed E-state index contributed by atoms with van der Waals surface area (Å²) in [5.74, 6) is -1.44. The van der Waals surface area contributed by atoms with Crippen LogP contribution in [0.1, 0.15) is 15.9 Å². The van der Waals surface area contributed by atoms with E-state index in [2.05, 4.69) is 0 Å². The highest BCUT2D eigenvalue weighted by molar-refractivity contribution is 5.94. The van der Waals surface area contributed by atoms with Crippen LogP contribution in [0, 0.1) is 12.7 Å². The van der Waals surface area contributed by atoms with Crippen LogP contribution < -0.4 is 11.5 Å². The van der Waals surface area contributed by atoms with Gasteiger partial charge in [0.05, 0.1) is 5.56 Å². The molecule has 3 nitrogen and oxygen atoms in total. The van der Waals surface area contributed by atoms with Crippen molar-refractivity contribution in [3.63, 3.8) is 0 Å². The van der Waals surface area contributed by atoms with Crippen molar-refractivity contribution in [2.24, 2.45) is 5.73 Å². The van der Waals surface area contributed by atoms with Gasteiger partial charge in [-0.05, 0) is 24.6 Å². The summed E-state index contributed by atoms with van der Waals surface area (Å²) >= 11 is 0. The van der Waals surface area contributed by atoms with Gasteiger partial charge in [0.1, 0.15) is 5.82 Å². The second-order valence-electron chi connectivity index (χ2n) is 2.56. The van der Waals surface area contributed by atoms with Gasteiger partial charge < -0.3 is 11.5 Å². The highest BCUT2D eigenvalue weighted by Gasteiger charge is 2.11. The Morgan fingerprint density at radius 2 is 2.08 bits per heavy atom. The normalized spacial score (nSPS) is 9.83. The molecule has 0 fully saturated rings. The third kappa shape index (κ3) is 1.37. The lowest BCUT2D eigenvalue weighted by Crippen LogP contribution is -2.15. The Morgan fingerprint density at radius 3 is 2.50 bits per heavy atom. The number of nitrogens with two attached hydrogens (primary N) is 2. The van der Waals surface area contributed by atoms with E-state index in [1.54, 1.807) is 6.92 Å². The van der Waals surface area contributed by atoms with E-state index >= 15 is 0 Å². The number of primary amides is 1. The average Bonchev–Trinajstić information content (AvgIpc) is 1.82. The number of hydrogen-bond acceptors (Lipinski definition) is 2. The molecule has 4 N–H and O–H groups in total. The van der Waals surface area contributed by atoms with Gasteiger partial charge in [-0.3, -0.25) is 4.79 Å². The first-order valence-corrected chi connectivity index (χ1v) is 3.38. The van der Waals surface area contributed by atoms with E-state index in [-0.39, 0.29) is 11.3 Å². The molecule has 0 aliphatic rings. The largest absolute Gasteiger partial charge is 0.399 e. The second-order valence-corrected chi connectivity index (χ2v) is 2.56. The lowest BCUT2D eigenvalue weighted by atomic mass is 10.1. The Morgan fingerprint density at radius 1 is 1.50 bits per heavy atom. The molecule has 1 amide bonds. The molecule has 1 rings (SSSR count). The third-order valence-corrected chi connectivity index (χ3v) is 1.56. The fourth-order valence-electron chi connectivity index (χ4n) is 1.08. The molecule has 1 aromatic rings. The zero-order valence-electron chi connectivity index (χ0n) is 6.60. The molecule has 0 atom stereocenters. The molecule has 12 heavy (non-hydrogen) atoms. The summed E-state index contributed by atoms with van der Waals surface area (Å²) in [6, 6.07) is 2.58. The van der Waals surface area contributed by atoms with Gasteiger partial charge in [0.2, 0.25) is 0 Å². The quantitative estimate of drug-likeness (QED) is 0.609. The fourth-order valence-corrected chi connectivity index (χ4v) is 1.08. The smallest absolute Gasteiger partial charge is 0.251 e. The van der Waals surface area contributed by atoms with Crippen LogP contribution >= 0.6 is 0 Å². The zero-order chi connectivity index (χ0) is 9.30. The van der Waals surface area contributed by atoms with Crippen LogP contribution in [0.15, 0.2) is 12.1 Å². The molecule has 0 heterocycles. The SMILES string of the molecule is Cc1cc(N)cc(F)c1C(N)=O. The molecule has 4 heteroatoms. The Kier molecular flexibility index (Phi) is 1.99. The van der Waals surface area contributed by atoms with Crippen LogP contribution in [0.2, 0.25) is 0 Å². The van der Waals surface area contributed by atoms with Crippen molar-refractivity contribution >= 4 is 11.6 Å². The molecule has 0 saturated carbocycles. The van der Waals surface area contributed by atoms with Crippen LogP contribution in [0.3, 0.4) is 0 Å². The van der Waals surface area contributed by atoms with Crippen molar-refractivity contribution in [1.29, 1.82) is 0 Å². The third-order valence-electron chi connectivity index (χ3n) is 1.56. The van der Waals surface area contributed by atoms with Crippen molar-refractivity contribution in [3.8, 4) is 0 Å². The standard InChI is InChI=1S/C8H9FN2O/c1-4-2-5(10)3-6(9)7(4)8(11)12/h2-3H,10H2,1H3,(H2,11,12). The summed E-state index contributed by atoms with van der Waals surface area (Å²) in [5.41, 5.74) is 10.9. The maximum Gasteiger partial charge on any atom is 0.251 e. The van der Waals surface area contributed by atoms with Crippen LogP contribution in [0.5, 0.6) is 0 Å². The second kappa shape index (κ2) is 2.81. The number of anilines is 1. The number of hydrogen-bond donors (Lipinski definition) is 2. The predicted molar refractivity (Wildman–Crippen MR) is 44.1 cm³/mol. The topological polar surface area (TPSA) is 69.1 Å². The molecule has 1 aromatic carbocycles. The summed E-state index contributed by atoms with van der Waals surface area (Å²) in [6.07, 6.45) is 0. The summed E-state index contributed by atoms with van der Waals surface area (Å²) in [7, 11) is 0. The summed E-state index contributed by atoms with van der Waals surface area (Å²) in [4.78, 5) is 10.7. The maximum absolute atomic E-state index is 13.0. The van der Waals surface area contributed by atoms with E-state index in [1.165, 1.54) is 6.07 Å². The first-order valence-electron chi connectivity index (χ1n) is 3.38. The molecule has 0 bridgehead atoms. The van der Waals surface area contributed by atoms with Gasteiger partial charge in [-0.1, -0.05) is 0 Å². The van der Waals surface area contributed by atoms with Crippen molar-refractivity contribution < 1.29 is 9.18 Å². The number of carbonyl (C=O) groups is 1. The summed E-state index contributed by atoms with van der Waals surface area (Å²) in [5, 5.41) is 0. The average molecular weight is 168 g/mol. The highest BCUT2D eigenvalue weighted by atomic mass is 19.1. The Hall–Kier alpha value is -1.58. The monoisotopic (exact) mass is 168 g/mol. The van der Waals surface area contributed by atoms with E-state index in [4.69, 9.17) is 11.5 Å². The predicted octanol–water partition coefficient (Wildman–Crippen LogP) is 0.815. The fraction of sp³-hybridized carbons (Fsp3) is 0.125. The van der Waals surface area contributed by atoms with E-state index in [1.807, 2.05) is 0 Å². The van der Waals surface area contributed by atoms with Gasteiger partial charge in [0.25, 0.3) is 5.91 Å². The molecule has 64 valence electrons. The first-order chi connectivity index (χ1) is 5.52. The van der Waals surface area contributed by atoms with Gasteiger partial charge in [0.15, 0.2) is 0 Å². The summed E-state index contributed by atoms with van der Waals surface area (Å²) in [6.45, 7) is 1.58. The van der Waals surface area contributed by atoms with E-state index in [0.717, 1.165) is 6.07 Å². The van der Waals surface area contributed by atoms with Gasteiger partial charge >= 0.3 is 0 Å². The molecule has 0 aliphatic carbocycles. The molecule has 0 saturated heterocycles. The number of rotatable bonds is 1. The molecule has 0 radical (unpaired) electrons. The molecule has 0 aromatic heterocycles. The van der Waals surface area contributed by atoms with Gasteiger partial charge in [-0.15, -0.1) is 0 Å². The lowest BCUT2D eigenvalue weighted by Gasteiger charge is -2.03.